The molecule has 1 fully saturated rings. The number of hydrogen-bond donors (Lipinski definition) is 0. The zero-order valence-corrected chi connectivity index (χ0v) is 7.94. The Balaban J connectivity index is 2.45. The molecule has 0 atom stereocenters. The Hall–Kier alpha value is -0.480. The average Bonchev–Trinajstić information content (AvgIpc) is 1.81. The van der Waals surface area contributed by atoms with E-state index in [0.717, 1.165) is 13.1 Å². The van der Waals surface area contributed by atoms with Gasteiger partial charge >= 0.3 is 0 Å². The molecule has 1 heteroatoms. The molecule has 1 saturated heterocycles. The van der Waals surface area contributed by atoms with Crippen molar-refractivity contribution in [3.63, 3.8) is 0 Å². The van der Waals surface area contributed by atoms with Crippen LogP contribution in [0.15, 0.2) is 0 Å². The largest absolute Gasteiger partial charge is 0.303 e. The Bertz CT molecular complexity index is 189. The van der Waals surface area contributed by atoms with Crippen LogP contribution in [-0.4, -0.2) is 25.0 Å². The van der Waals surface area contributed by atoms with Crippen LogP contribution in [0.25, 0.3) is 0 Å². The van der Waals surface area contributed by atoms with Crippen LogP contribution in [0, 0.1) is 23.2 Å². The van der Waals surface area contributed by atoms with Crippen molar-refractivity contribution in [2.45, 2.75) is 20.8 Å². The summed E-state index contributed by atoms with van der Waals surface area (Å²) in [4.78, 5) is 2.30. The topological polar surface area (TPSA) is 3.24 Å². The summed E-state index contributed by atoms with van der Waals surface area (Å²) < 4.78 is 0. The summed E-state index contributed by atoms with van der Waals surface area (Å²) in [5.74, 6) is 7.08. The zero-order valence-electron chi connectivity index (χ0n) is 7.94. The predicted octanol–water partition coefficient (Wildman–Crippen LogP) is 1.60. The van der Waals surface area contributed by atoms with E-state index in [1.54, 1.807) is 0 Å². The quantitative estimate of drug-likeness (QED) is 0.475. The lowest BCUT2D eigenvalue weighted by Gasteiger charge is -2.42. The Morgan fingerprint density at radius 2 is 1.91 bits per heavy atom. The molecule has 0 aromatic heterocycles. The van der Waals surface area contributed by atoms with Gasteiger partial charge in [0.05, 0.1) is 5.41 Å². The summed E-state index contributed by atoms with van der Waals surface area (Å²) in [7, 11) is 2.14. The molecule has 1 aliphatic rings. The summed E-state index contributed by atoms with van der Waals surface area (Å²) in [5, 5.41) is 0. The van der Waals surface area contributed by atoms with Crippen molar-refractivity contribution in [3.05, 3.63) is 0 Å². The highest BCUT2D eigenvalue weighted by Crippen LogP contribution is 2.26. The van der Waals surface area contributed by atoms with Crippen LogP contribution in [0.2, 0.25) is 0 Å². The van der Waals surface area contributed by atoms with E-state index in [2.05, 4.69) is 44.6 Å². The van der Waals surface area contributed by atoms with Crippen molar-refractivity contribution in [3.8, 4) is 11.8 Å². The number of nitrogens with zero attached hydrogens (tertiary/aromatic N) is 1. The van der Waals surface area contributed by atoms with Gasteiger partial charge in [0, 0.05) is 19.0 Å². The third-order valence-electron chi connectivity index (χ3n) is 1.90. The van der Waals surface area contributed by atoms with Crippen molar-refractivity contribution in [1.29, 1.82) is 0 Å². The molecule has 0 saturated carbocycles. The lowest BCUT2D eigenvalue weighted by atomic mass is 9.83. The van der Waals surface area contributed by atoms with E-state index in [4.69, 9.17) is 0 Å². The highest BCUT2D eigenvalue weighted by molar-refractivity contribution is 5.17. The molecule has 0 radical (unpaired) electrons. The average molecular weight is 151 g/mol. The van der Waals surface area contributed by atoms with Gasteiger partial charge in [0.1, 0.15) is 0 Å². The van der Waals surface area contributed by atoms with E-state index in [9.17, 15) is 0 Å². The fourth-order valence-electron chi connectivity index (χ4n) is 1.54. The lowest BCUT2D eigenvalue weighted by molar-refractivity contribution is 0.0915. The van der Waals surface area contributed by atoms with Gasteiger partial charge in [-0.15, -0.1) is 0 Å². The van der Waals surface area contributed by atoms with Gasteiger partial charge in [-0.05, 0) is 14.0 Å². The number of hydrogen-bond acceptors (Lipinski definition) is 1. The summed E-state index contributed by atoms with van der Waals surface area (Å²) in [6, 6.07) is 0. The van der Waals surface area contributed by atoms with Crippen molar-refractivity contribution >= 4 is 0 Å². The first-order valence-corrected chi connectivity index (χ1v) is 4.23. The second-order valence-corrected chi connectivity index (χ2v) is 4.16. The van der Waals surface area contributed by atoms with E-state index in [0.29, 0.717) is 11.3 Å². The maximum Gasteiger partial charge on any atom is 0.0539 e. The highest BCUT2D eigenvalue weighted by atomic mass is 15.2. The normalized spacial score (nSPS) is 22.3. The van der Waals surface area contributed by atoms with Crippen molar-refractivity contribution in [1.82, 2.24) is 4.90 Å². The van der Waals surface area contributed by atoms with Crippen LogP contribution in [-0.2, 0) is 0 Å². The third kappa shape index (κ3) is 2.24. The molecule has 0 aromatic rings. The van der Waals surface area contributed by atoms with Crippen LogP contribution in [0.4, 0.5) is 0 Å². The van der Waals surface area contributed by atoms with Crippen LogP contribution in [0.1, 0.15) is 20.8 Å². The molecule has 0 aromatic carbocycles. The van der Waals surface area contributed by atoms with Crippen LogP contribution >= 0.6 is 0 Å². The Morgan fingerprint density at radius 3 is 2.27 bits per heavy atom. The molecule has 0 N–H and O–H groups in total. The minimum atomic E-state index is 0.291. The first kappa shape index (κ1) is 8.62. The maximum absolute atomic E-state index is 3.33. The fourth-order valence-corrected chi connectivity index (χ4v) is 1.54. The summed E-state index contributed by atoms with van der Waals surface area (Å²) in [6.07, 6.45) is 0. The SMILES string of the molecule is CC(C)C#CC1(C)CN(C)C1. The minimum Gasteiger partial charge on any atom is -0.303 e. The van der Waals surface area contributed by atoms with Gasteiger partial charge in [-0.3, -0.25) is 0 Å². The number of rotatable bonds is 0. The molecule has 1 rings (SSSR count). The van der Waals surface area contributed by atoms with Crippen molar-refractivity contribution in [2.24, 2.45) is 11.3 Å². The standard InChI is InChI=1S/C10H17N/c1-9(2)5-6-10(3)7-11(4)8-10/h9H,7-8H2,1-4H3. The molecule has 0 bridgehead atoms. The van der Waals surface area contributed by atoms with Gasteiger partial charge in [0.15, 0.2) is 0 Å². The Labute approximate surface area is 69.8 Å². The summed E-state index contributed by atoms with van der Waals surface area (Å²) in [5.41, 5.74) is 0.291. The zero-order chi connectivity index (χ0) is 8.48. The Kier molecular flexibility index (Phi) is 2.25. The molecule has 1 nitrogen and oxygen atoms in total. The third-order valence-corrected chi connectivity index (χ3v) is 1.90. The molecule has 1 aliphatic heterocycles. The van der Waals surface area contributed by atoms with Crippen molar-refractivity contribution in [2.75, 3.05) is 20.1 Å². The highest BCUT2D eigenvalue weighted by Gasteiger charge is 2.34. The molecular weight excluding hydrogens is 134 g/mol. The van der Waals surface area contributed by atoms with Gasteiger partial charge in [0.25, 0.3) is 0 Å². The molecule has 0 unspecified atom stereocenters. The molecule has 0 spiro atoms. The molecular formula is C10H17N. The van der Waals surface area contributed by atoms with Gasteiger partial charge in [-0.25, -0.2) is 0 Å². The molecule has 0 amide bonds. The Morgan fingerprint density at radius 1 is 1.36 bits per heavy atom. The summed E-state index contributed by atoms with van der Waals surface area (Å²) >= 11 is 0. The molecule has 0 aliphatic carbocycles. The van der Waals surface area contributed by atoms with E-state index in [1.165, 1.54) is 0 Å². The minimum absolute atomic E-state index is 0.291. The second-order valence-electron chi connectivity index (χ2n) is 4.16. The van der Waals surface area contributed by atoms with Gasteiger partial charge in [0.2, 0.25) is 0 Å². The van der Waals surface area contributed by atoms with E-state index < -0.39 is 0 Å². The van der Waals surface area contributed by atoms with Crippen LogP contribution < -0.4 is 0 Å². The monoisotopic (exact) mass is 151 g/mol. The van der Waals surface area contributed by atoms with E-state index in [-0.39, 0.29) is 0 Å². The smallest absolute Gasteiger partial charge is 0.0539 e. The number of likely N-dealkylation sites (tertiary alicyclic amines) is 1. The van der Waals surface area contributed by atoms with Gasteiger partial charge in [-0.2, -0.15) is 0 Å². The molecule has 1 heterocycles. The second kappa shape index (κ2) is 2.87. The first-order valence-electron chi connectivity index (χ1n) is 4.23. The van der Waals surface area contributed by atoms with Gasteiger partial charge < -0.3 is 4.90 Å². The molecule has 11 heavy (non-hydrogen) atoms. The van der Waals surface area contributed by atoms with E-state index in [1.807, 2.05) is 0 Å². The summed E-state index contributed by atoms with van der Waals surface area (Å²) in [6.45, 7) is 8.78. The van der Waals surface area contributed by atoms with Crippen LogP contribution in [0.3, 0.4) is 0 Å². The lowest BCUT2D eigenvalue weighted by Crippen LogP contribution is -2.51. The predicted molar refractivity (Wildman–Crippen MR) is 48.2 cm³/mol. The van der Waals surface area contributed by atoms with Gasteiger partial charge in [-0.1, -0.05) is 25.7 Å². The maximum atomic E-state index is 3.33. The van der Waals surface area contributed by atoms with Crippen LogP contribution in [0.5, 0.6) is 0 Å². The van der Waals surface area contributed by atoms with E-state index >= 15 is 0 Å². The fraction of sp³-hybridized carbons (Fsp3) is 0.800. The molecule has 62 valence electrons. The van der Waals surface area contributed by atoms with Crippen molar-refractivity contribution < 1.29 is 0 Å². The first-order chi connectivity index (χ1) is 5.02.